The fourth-order valence-electron chi connectivity index (χ4n) is 1.88. The molecule has 0 aliphatic heterocycles. The van der Waals surface area contributed by atoms with Crippen LogP contribution in [0.15, 0.2) is 16.3 Å². The Kier molecular flexibility index (Phi) is 7.29. The summed E-state index contributed by atoms with van der Waals surface area (Å²) >= 11 is 1.33. The van der Waals surface area contributed by atoms with Gasteiger partial charge < -0.3 is 10.2 Å². The molecule has 7 heteroatoms. The molecule has 0 aliphatic carbocycles. The zero-order chi connectivity index (χ0) is 16.0. The van der Waals surface area contributed by atoms with E-state index in [9.17, 15) is 8.42 Å². The summed E-state index contributed by atoms with van der Waals surface area (Å²) in [4.78, 5) is 3.03. The van der Waals surface area contributed by atoms with Gasteiger partial charge in [0.15, 0.2) is 0 Å². The van der Waals surface area contributed by atoms with Gasteiger partial charge in [0.05, 0.1) is 0 Å². The normalized spacial score (nSPS) is 14.0. The lowest BCUT2D eigenvalue weighted by atomic mass is 10.1. The van der Waals surface area contributed by atoms with E-state index < -0.39 is 10.0 Å². The number of thiophene rings is 1. The van der Waals surface area contributed by atoms with E-state index in [0.29, 0.717) is 17.3 Å². The lowest BCUT2D eigenvalue weighted by molar-refractivity contribution is 0.314. The topological polar surface area (TPSA) is 61.4 Å². The van der Waals surface area contributed by atoms with Crippen molar-refractivity contribution in [2.75, 3.05) is 27.2 Å². The molecule has 0 bridgehead atoms. The van der Waals surface area contributed by atoms with Crippen molar-refractivity contribution in [1.29, 1.82) is 0 Å². The second-order valence-electron chi connectivity index (χ2n) is 5.74. The summed E-state index contributed by atoms with van der Waals surface area (Å²) in [7, 11) is 0.455. The van der Waals surface area contributed by atoms with Gasteiger partial charge >= 0.3 is 0 Å². The predicted octanol–water partition coefficient (Wildman–Crippen LogP) is 1.72. The van der Waals surface area contributed by atoms with Crippen molar-refractivity contribution in [3.63, 3.8) is 0 Å². The van der Waals surface area contributed by atoms with Crippen molar-refractivity contribution in [2.24, 2.45) is 5.92 Å². The van der Waals surface area contributed by atoms with Crippen molar-refractivity contribution in [1.82, 2.24) is 14.9 Å². The third-order valence-electron chi connectivity index (χ3n) is 3.12. The summed E-state index contributed by atoms with van der Waals surface area (Å²) in [6, 6.07) is 3.47. The minimum atomic E-state index is -3.44. The van der Waals surface area contributed by atoms with Gasteiger partial charge in [-0.3, -0.25) is 0 Å². The Balaban J connectivity index is 2.81. The summed E-state index contributed by atoms with van der Waals surface area (Å²) in [5.74, 6) is 0.239. The highest BCUT2D eigenvalue weighted by atomic mass is 32.2. The van der Waals surface area contributed by atoms with E-state index in [1.54, 1.807) is 6.07 Å². The van der Waals surface area contributed by atoms with E-state index in [1.807, 2.05) is 45.8 Å². The molecule has 0 fully saturated rings. The van der Waals surface area contributed by atoms with Crippen molar-refractivity contribution in [3.8, 4) is 0 Å². The second kappa shape index (κ2) is 8.24. The monoisotopic (exact) mass is 333 g/mol. The van der Waals surface area contributed by atoms with Crippen LogP contribution in [-0.4, -0.2) is 46.5 Å². The zero-order valence-electron chi connectivity index (χ0n) is 13.5. The Hall–Kier alpha value is -0.470. The standard InChI is InChI=1S/C14H27N3O2S2/c1-6-15-9-12-7-8-14(20-12)21(18,19)16-13(11(2)3)10-17(4)5/h7-8,11,13,15-16H,6,9-10H2,1-5H3. The Morgan fingerprint density at radius 3 is 2.48 bits per heavy atom. The number of hydrogen-bond donors (Lipinski definition) is 2. The Morgan fingerprint density at radius 1 is 1.29 bits per heavy atom. The largest absolute Gasteiger partial charge is 0.312 e. The number of sulfonamides is 1. The molecule has 0 aromatic carbocycles. The first-order valence-electron chi connectivity index (χ1n) is 7.22. The van der Waals surface area contributed by atoms with E-state index >= 15 is 0 Å². The SMILES string of the molecule is CCNCc1ccc(S(=O)(=O)NC(CN(C)C)C(C)C)s1. The highest BCUT2D eigenvalue weighted by Crippen LogP contribution is 2.22. The molecule has 0 saturated heterocycles. The van der Waals surface area contributed by atoms with E-state index in [2.05, 4.69) is 10.0 Å². The predicted molar refractivity (Wildman–Crippen MR) is 89.2 cm³/mol. The first kappa shape index (κ1) is 18.6. The summed E-state index contributed by atoms with van der Waals surface area (Å²) in [5, 5.41) is 3.20. The van der Waals surface area contributed by atoms with Crippen LogP contribution in [-0.2, 0) is 16.6 Å². The van der Waals surface area contributed by atoms with Crippen LogP contribution in [0.2, 0.25) is 0 Å². The quantitative estimate of drug-likeness (QED) is 0.722. The van der Waals surface area contributed by atoms with Crippen molar-refractivity contribution < 1.29 is 8.42 Å². The fraction of sp³-hybridized carbons (Fsp3) is 0.714. The molecule has 5 nitrogen and oxygen atoms in total. The van der Waals surface area contributed by atoms with Gasteiger partial charge in [0.25, 0.3) is 0 Å². The van der Waals surface area contributed by atoms with Crippen LogP contribution >= 0.6 is 11.3 Å². The Morgan fingerprint density at radius 2 is 1.95 bits per heavy atom. The molecular formula is C14H27N3O2S2. The molecule has 1 heterocycles. The summed E-state index contributed by atoms with van der Waals surface area (Å²) in [6.45, 7) is 8.36. The minimum Gasteiger partial charge on any atom is -0.312 e. The van der Waals surface area contributed by atoms with Crippen LogP contribution in [0.25, 0.3) is 0 Å². The number of nitrogens with zero attached hydrogens (tertiary/aromatic N) is 1. The molecule has 122 valence electrons. The number of rotatable bonds is 9. The van der Waals surface area contributed by atoms with Crippen LogP contribution in [0.5, 0.6) is 0 Å². The molecule has 1 aromatic heterocycles. The third-order valence-corrected chi connectivity index (χ3v) is 6.19. The maximum Gasteiger partial charge on any atom is 0.250 e. The molecule has 0 spiro atoms. The van der Waals surface area contributed by atoms with E-state index in [-0.39, 0.29) is 12.0 Å². The molecule has 1 atom stereocenters. The van der Waals surface area contributed by atoms with Crippen molar-refractivity contribution in [2.45, 2.75) is 37.6 Å². The summed E-state index contributed by atoms with van der Waals surface area (Å²) < 4.78 is 28.2. The first-order valence-corrected chi connectivity index (χ1v) is 9.52. The first-order chi connectivity index (χ1) is 9.76. The summed E-state index contributed by atoms with van der Waals surface area (Å²) in [6.07, 6.45) is 0. The van der Waals surface area contributed by atoms with Gasteiger partial charge in [-0.1, -0.05) is 20.8 Å². The van der Waals surface area contributed by atoms with Gasteiger partial charge in [0.2, 0.25) is 10.0 Å². The fourth-order valence-corrected chi connectivity index (χ4v) is 4.60. The molecule has 1 rings (SSSR count). The van der Waals surface area contributed by atoms with Gasteiger partial charge in [-0.25, -0.2) is 13.1 Å². The van der Waals surface area contributed by atoms with Crippen LogP contribution < -0.4 is 10.0 Å². The van der Waals surface area contributed by atoms with Gasteiger partial charge in [-0.05, 0) is 38.7 Å². The smallest absolute Gasteiger partial charge is 0.250 e. The van der Waals surface area contributed by atoms with Gasteiger partial charge in [-0.15, -0.1) is 11.3 Å². The zero-order valence-corrected chi connectivity index (χ0v) is 15.1. The lowest BCUT2D eigenvalue weighted by Gasteiger charge is -2.25. The highest BCUT2D eigenvalue weighted by Gasteiger charge is 2.24. The maximum atomic E-state index is 12.5. The molecule has 0 saturated carbocycles. The van der Waals surface area contributed by atoms with Crippen molar-refractivity contribution >= 4 is 21.4 Å². The molecule has 21 heavy (non-hydrogen) atoms. The van der Waals surface area contributed by atoms with Crippen LogP contribution in [0, 0.1) is 5.92 Å². The molecule has 0 radical (unpaired) electrons. The molecule has 2 N–H and O–H groups in total. The summed E-state index contributed by atoms with van der Waals surface area (Å²) in [5.41, 5.74) is 0. The maximum absolute atomic E-state index is 12.5. The second-order valence-corrected chi connectivity index (χ2v) is 8.84. The molecule has 1 unspecified atom stereocenters. The lowest BCUT2D eigenvalue weighted by Crippen LogP contribution is -2.44. The van der Waals surface area contributed by atoms with Gasteiger partial charge in [0.1, 0.15) is 4.21 Å². The molecule has 0 aliphatic rings. The average molecular weight is 334 g/mol. The number of nitrogens with one attached hydrogen (secondary N) is 2. The molecule has 0 amide bonds. The van der Waals surface area contributed by atoms with E-state index in [0.717, 1.165) is 11.4 Å². The van der Waals surface area contributed by atoms with Gasteiger partial charge in [-0.2, -0.15) is 0 Å². The van der Waals surface area contributed by atoms with Crippen molar-refractivity contribution in [3.05, 3.63) is 17.0 Å². The average Bonchev–Trinajstić information content (AvgIpc) is 2.84. The third kappa shape index (κ3) is 6.04. The Labute approximate surface area is 132 Å². The van der Waals surface area contributed by atoms with E-state index in [4.69, 9.17) is 0 Å². The highest BCUT2D eigenvalue weighted by molar-refractivity contribution is 7.91. The Bertz CT molecular complexity index is 524. The van der Waals surface area contributed by atoms with Crippen LogP contribution in [0.1, 0.15) is 25.6 Å². The van der Waals surface area contributed by atoms with Crippen LogP contribution in [0.3, 0.4) is 0 Å². The number of hydrogen-bond acceptors (Lipinski definition) is 5. The number of likely N-dealkylation sites (N-methyl/N-ethyl adjacent to an activating group) is 1. The minimum absolute atomic E-state index is 0.0932. The molecular weight excluding hydrogens is 306 g/mol. The molecule has 1 aromatic rings. The van der Waals surface area contributed by atoms with E-state index in [1.165, 1.54) is 11.3 Å². The van der Waals surface area contributed by atoms with Crippen LogP contribution in [0.4, 0.5) is 0 Å². The van der Waals surface area contributed by atoms with Gasteiger partial charge in [0, 0.05) is 24.0 Å².